The number of nitrogens with one attached hydrogen (secondary N) is 1. The quantitative estimate of drug-likeness (QED) is 0.796. The number of ether oxygens (including phenoxy) is 2. The molecule has 0 aromatic heterocycles. The molecule has 0 saturated carbocycles. The second kappa shape index (κ2) is 8.22. The van der Waals surface area contributed by atoms with Crippen molar-refractivity contribution < 1.29 is 22.7 Å². The number of likely N-dealkylation sites (tertiary alicyclic amines) is 1. The number of hydrogen-bond donors (Lipinski definition) is 1. The minimum absolute atomic E-state index is 0.159. The van der Waals surface area contributed by atoms with Gasteiger partial charge in [-0.25, -0.2) is 13.1 Å². The Morgan fingerprint density at radius 1 is 1.07 bits per heavy atom. The van der Waals surface area contributed by atoms with Crippen LogP contribution in [-0.4, -0.2) is 51.6 Å². The molecule has 1 fully saturated rings. The maximum Gasteiger partial charge on any atom is 0.254 e. The number of amides is 1. The number of carbonyl (C=O) groups excluding carboxylic acids is 1. The van der Waals surface area contributed by atoms with Crippen molar-refractivity contribution in [2.75, 3.05) is 26.3 Å². The van der Waals surface area contributed by atoms with Gasteiger partial charge >= 0.3 is 0 Å². The van der Waals surface area contributed by atoms with E-state index in [-0.39, 0.29) is 16.8 Å². The van der Waals surface area contributed by atoms with Crippen LogP contribution in [0.4, 0.5) is 0 Å². The number of sulfonamides is 1. The Kier molecular flexibility index (Phi) is 5.67. The first-order valence-corrected chi connectivity index (χ1v) is 11.3. The summed E-state index contributed by atoms with van der Waals surface area (Å²) in [7, 11) is -3.57. The lowest BCUT2D eigenvalue weighted by Gasteiger charge is -2.32. The number of nitrogens with zero attached hydrogens (tertiary/aromatic N) is 1. The number of benzene rings is 2. The molecule has 2 aliphatic heterocycles. The van der Waals surface area contributed by atoms with Crippen molar-refractivity contribution in [2.45, 2.75) is 23.8 Å². The van der Waals surface area contributed by atoms with Crippen LogP contribution in [0.5, 0.6) is 11.5 Å². The molecular weight excluding hydrogens is 416 g/mol. The molecule has 7 nitrogen and oxygen atoms in total. The lowest BCUT2D eigenvalue weighted by molar-refractivity contribution is 0.0710. The third-order valence-electron chi connectivity index (χ3n) is 5.00. The molecule has 1 saturated heterocycles. The van der Waals surface area contributed by atoms with E-state index in [2.05, 4.69) is 4.72 Å². The molecule has 0 bridgehead atoms. The zero-order valence-electron chi connectivity index (χ0n) is 15.6. The number of halogens is 1. The minimum atomic E-state index is -3.57. The fourth-order valence-electron chi connectivity index (χ4n) is 3.50. The minimum Gasteiger partial charge on any atom is -0.486 e. The van der Waals surface area contributed by atoms with Gasteiger partial charge in [0.2, 0.25) is 10.0 Å². The molecule has 1 N–H and O–H groups in total. The van der Waals surface area contributed by atoms with Gasteiger partial charge in [0.15, 0.2) is 11.5 Å². The molecule has 4 rings (SSSR count). The van der Waals surface area contributed by atoms with Crippen LogP contribution in [0.15, 0.2) is 47.4 Å². The highest BCUT2D eigenvalue weighted by atomic mass is 35.5. The summed E-state index contributed by atoms with van der Waals surface area (Å²) in [5.74, 6) is 0.773. The van der Waals surface area contributed by atoms with Crippen LogP contribution in [0.25, 0.3) is 0 Å². The van der Waals surface area contributed by atoms with Crippen LogP contribution in [0.2, 0.25) is 5.02 Å². The third-order valence-corrected chi connectivity index (χ3v) is 6.82. The molecule has 29 heavy (non-hydrogen) atoms. The molecule has 9 heteroatoms. The van der Waals surface area contributed by atoms with Crippen LogP contribution >= 0.6 is 11.6 Å². The Bertz CT molecular complexity index is 1010. The lowest BCUT2D eigenvalue weighted by Crippen LogP contribution is -2.46. The fraction of sp³-hybridized carbons (Fsp3) is 0.350. The second-order valence-corrected chi connectivity index (χ2v) is 9.10. The SMILES string of the molecule is O=C(c1cc(Cl)c2c(c1)OCCO2)N1CCC(NS(=O)(=O)c2ccccc2)CC1. The van der Waals surface area contributed by atoms with Gasteiger partial charge in [0, 0.05) is 24.7 Å². The Morgan fingerprint density at radius 2 is 1.76 bits per heavy atom. The highest BCUT2D eigenvalue weighted by Crippen LogP contribution is 2.38. The van der Waals surface area contributed by atoms with Gasteiger partial charge in [0.05, 0.1) is 9.92 Å². The summed E-state index contributed by atoms with van der Waals surface area (Å²) in [5.41, 5.74) is 0.433. The van der Waals surface area contributed by atoms with Gasteiger partial charge in [-0.05, 0) is 37.1 Å². The largest absolute Gasteiger partial charge is 0.486 e. The van der Waals surface area contributed by atoms with Crippen LogP contribution in [0.3, 0.4) is 0 Å². The van der Waals surface area contributed by atoms with Crippen molar-refractivity contribution in [1.29, 1.82) is 0 Å². The molecule has 1 amide bonds. The van der Waals surface area contributed by atoms with Crippen molar-refractivity contribution in [2.24, 2.45) is 0 Å². The van der Waals surface area contributed by atoms with Crippen molar-refractivity contribution in [3.05, 3.63) is 53.1 Å². The molecule has 0 radical (unpaired) electrons. The lowest BCUT2D eigenvalue weighted by atomic mass is 10.0. The number of piperidine rings is 1. The molecule has 2 heterocycles. The first-order valence-electron chi connectivity index (χ1n) is 9.40. The first-order chi connectivity index (χ1) is 13.9. The van der Waals surface area contributed by atoms with Gasteiger partial charge in [-0.1, -0.05) is 29.8 Å². The van der Waals surface area contributed by atoms with Crippen molar-refractivity contribution in [3.8, 4) is 11.5 Å². The van der Waals surface area contributed by atoms with Gasteiger partial charge in [0.1, 0.15) is 13.2 Å². The number of fused-ring (bicyclic) bond motifs is 1. The first kappa shape index (κ1) is 20.0. The fourth-order valence-corrected chi connectivity index (χ4v) is 5.10. The molecule has 154 valence electrons. The maximum absolute atomic E-state index is 12.9. The molecule has 0 atom stereocenters. The number of carbonyl (C=O) groups is 1. The van der Waals surface area contributed by atoms with E-state index in [1.165, 1.54) is 0 Å². The number of hydrogen-bond acceptors (Lipinski definition) is 5. The van der Waals surface area contributed by atoms with Gasteiger partial charge in [-0.15, -0.1) is 0 Å². The van der Waals surface area contributed by atoms with Crippen LogP contribution in [0.1, 0.15) is 23.2 Å². The Labute approximate surface area is 174 Å². The molecule has 2 aromatic carbocycles. The molecule has 2 aromatic rings. The topological polar surface area (TPSA) is 84.9 Å². The highest BCUT2D eigenvalue weighted by molar-refractivity contribution is 7.89. The molecule has 0 aliphatic carbocycles. The van der Waals surface area contributed by atoms with E-state index in [0.29, 0.717) is 61.2 Å². The zero-order valence-corrected chi connectivity index (χ0v) is 17.2. The summed E-state index contributed by atoms with van der Waals surface area (Å²) in [4.78, 5) is 14.8. The van der Waals surface area contributed by atoms with Gasteiger partial charge in [0.25, 0.3) is 5.91 Å². The standard InChI is InChI=1S/C20H21ClN2O5S/c21-17-12-14(13-18-19(17)28-11-10-27-18)20(24)23-8-6-15(7-9-23)22-29(25,26)16-4-2-1-3-5-16/h1-5,12-13,15,22H,6-11H2. The van der Waals surface area contributed by atoms with E-state index in [1.54, 1.807) is 47.4 Å². The van der Waals surface area contributed by atoms with Crippen molar-refractivity contribution >= 4 is 27.5 Å². The smallest absolute Gasteiger partial charge is 0.254 e. The molecule has 2 aliphatic rings. The number of rotatable bonds is 4. The third kappa shape index (κ3) is 4.34. The highest BCUT2D eigenvalue weighted by Gasteiger charge is 2.28. The van der Waals surface area contributed by atoms with E-state index in [1.807, 2.05) is 0 Å². The van der Waals surface area contributed by atoms with E-state index in [4.69, 9.17) is 21.1 Å². The predicted octanol–water partition coefficient (Wildman–Crippen LogP) is 2.69. The van der Waals surface area contributed by atoms with Crippen molar-refractivity contribution in [1.82, 2.24) is 9.62 Å². The van der Waals surface area contributed by atoms with Gasteiger partial charge in [-0.3, -0.25) is 4.79 Å². The van der Waals surface area contributed by atoms with E-state index >= 15 is 0 Å². The molecule has 0 spiro atoms. The van der Waals surface area contributed by atoms with Crippen LogP contribution in [-0.2, 0) is 10.0 Å². The van der Waals surface area contributed by atoms with E-state index in [9.17, 15) is 13.2 Å². The maximum atomic E-state index is 12.9. The van der Waals surface area contributed by atoms with Gasteiger partial charge < -0.3 is 14.4 Å². The molecule has 0 unspecified atom stereocenters. The summed E-state index contributed by atoms with van der Waals surface area (Å²) in [6.45, 7) is 1.74. The van der Waals surface area contributed by atoms with E-state index < -0.39 is 10.0 Å². The van der Waals surface area contributed by atoms with Crippen molar-refractivity contribution in [3.63, 3.8) is 0 Å². The summed E-state index contributed by atoms with van der Waals surface area (Å²) in [5, 5.41) is 0.344. The second-order valence-electron chi connectivity index (χ2n) is 6.98. The summed E-state index contributed by atoms with van der Waals surface area (Å²) in [6, 6.07) is 11.3. The summed E-state index contributed by atoms with van der Waals surface area (Å²) >= 11 is 6.23. The Balaban J connectivity index is 1.40. The van der Waals surface area contributed by atoms with Crippen LogP contribution in [0, 0.1) is 0 Å². The Hall–Kier alpha value is -2.29. The zero-order chi connectivity index (χ0) is 20.4. The monoisotopic (exact) mass is 436 g/mol. The summed E-state index contributed by atoms with van der Waals surface area (Å²) in [6.07, 6.45) is 1.08. The Morgan fingerprint density at radius 3 is 2.48 bits per heavy atom. The van der Waals surface area contributed by atoms with Crippen LogP contribution < -0.4 is 14.2 Å². The predicted molar refractivity (Wildman–Crippen MR) is 108 cm³/mol. The average Bonchev–Trinajstić information content (AvgIpc) is 2.74. The molecular formula is C20H21ClN2O5S. The van der Waals surface area contributed by atoms with E-state index in [0.717, 1.165) is 0 Å². The summed E-state index contributed by atoms with van der Waals surface area (Å²) < 4.78 is 38.7. The average molecular weight is 437 g/mol. The normalized spacial score (nSPS) is 17.2. The van der Waals surface area contributed by atoms with Gasteiger partial charge in [-0.2, -0.15) is 0 Å².